The first-order chi connectivity index (χ1) is 6.59. The van der Waals surface area contributed by atoms with Gasteiger partial charge in [-0.05, 0) is 6.07 Å². The first-order valence-electron chi connectivity index (χ1n) is 3.75. The van der Waals surface area contributed by atoms with E-state index >= 15 is 0 Å². The Morgan fingerprint density at radius 3 is 2.71 bits per heavy atom. The highest BCUT2D eigenvalue weighted by molar-refractivity contribution is 6.31. The Morgan fingerprint density at radius 1 is 1.29 bits per heavy atom. The quantitative estimate of drug-likeness (QED) is 0.720. The molecule has 0 radical (unpaired) electrons. The number of hydrogen-bond donors (Lipinski definition) is 1. The van der Waals surface area contributed by atoms with Gasteiger partial charge in [0, 0.05) is 12.3 Å². The maximum Gasteiger partial charge on any atom is 0.210 e. The van der Waals surface area contributed by atoms with Crippen molar-refractivity contribution in [1.29, 1.82) is 0 Å². The second-order valence-corrected chi connectivity index (χ2v) is 3.18. The Balaban J connectivity index is 3.03. The van der Waals surface area contributed by atoms with Crippen LogP contribution in [0.5, 0.6) is 0 Å². The Hall–Kier alpha value is -1.42. The van der Waals surface area contributed by atoms with Crippen molar-refractivity contribution in [2.24, 2.45) is 0 Å². The van der Waals surface area contributed by atoms with Gasteiger partial charge in [0.2, 0.25) is 5.43 Å². The number of halogens is 3. The molecule has 0 unspecified atom stereocenters. The van der Waals surface area contributed by atoms with Gasteiger partial charge in [-0.25, -0.2) is 8.78 Å². The van der Waals surface area contributed by atoms with Crippen LogP contribution >= 0.6 is 11.6 Å². The van der Waals surface area contributed by atoms with Gasteiger partial charge in [-0.1, -0.05) is 11.6 Å². The van der Waals surface area contributed by atoms with Crippen LogP contribution in [0.25, 0.3) is 10.9 Å². The van der Waals surface area contributed by atoms with Gasteiger partial charge in [0.1, 0.15) is 16.7 Å². The fraction of sp³-hybridized carbons (Fsp3) is 0. The molecule has 0 spiro atoms. The summed E-state index contributed by atoms with van der Waals surface area (Å²) in [4.78, 5) is 13.9. The SMILES string of the molecule is O=c1c(Cl)c[nH]c2cc(F)cc(F)c12. The zero-order chi connectivity index (χ0) is 10.3. The number of pyridine rings is 1. The summed E-state index contributed by atoms with van der Waals surface area (Å²) in [5, 5.41) is -0.345. The van der Waals surface area contributed by atoms with E-state index in [0.717, 1.165) is 6.07 Å². The summed E-state index contributed by atoms with van der Waals surface area (Å²) in [5.41, 5.74) is -0.546. The lowest BCUT2D eigenvalue weighted by molar-refractivity contribution is 0.591. The normalized spacial score (nSPS) is 10.8. The molecule has 14 heavy (non-hydrogen) atoms. The molecule has 0 aliphatic carbocycles. The van der Waals surface area contributed by atoms with E-state index in [1.807, 2.05) is 0 Å². The molecule has 0 amide bonds. The maximum absolute atomic E-state index is 13.2. The summed E-state index contributed by atoms with van der Waals surface area (Å²) in [5.74, 6) is -1.66. The molecular weight excluding hydrogens is 212 g/mol. The van der Waals surface area contributed by atoms with Crippen molar-refractivity contribution in [2.45, 2.75) is 0 Å². The summed E-state index contributed by atoms with van der Waals surface area (Å²) < 4.78 is 25.9. The van der Waals surface area contributed by atoms with Gasteiger partial charge < -0.3 is 4.98 Å². The predicted molar refractivity (Wildman–Crippen MR) is 49.5 cm³/mol. The van der Waals surface area contributed by atoms with Crippen LogP contribution < -0.4 is 5.43 Å². The number of nitrogens with one attached hydrogen (secondary N) is 1. The van der Waals surface area contributed by atoms with E-state index in [1.54, 1.807) is 0 Å². The van der Waals surface area contributed by atoms with Gasteiger partial charge in [-0.3, -0.25) is 4.79 Å². The highest BCUT2D eigenvalue weighted by atomic mass is 35.5. The predicted octanol–water partition coefficient (Wildman–Crippen LogP) is 2.46. The standard InChI is InChI=1S/C9H4ClF2NO/c10-5-3-13-7-2-4(11)1-6(12)8(7)9(5)14/h1-3H,(H,13,14). The molecular formula is C9H4ClF2NO. The van der Waals surface area contributed by atoms with E-state index in [4.69, 9.17) is 11.6 Å². The molecule has 1 aromatic heterocycles. The average molecular weight is 216 g/mol. The molecule has 72 valence electrons. The first-order valence-corrected chi connectivity index (χ1v) is 4.13. The summed E-state index contributed by atoms with van der Waals surface area (Å²) >= 11 is 5.50. The fourth-order valence-electron chi connectivity index (χ4n) is 1.24. The minimum Gasteiger partial charge on any atom is -0.359 e. The Labute approximate surface area is 82.1 Å². The van der Waals surface area contributed by atoms with Crippen LogP contribution in [0, 0.1) is 11.6 Å². The van der Waals surface area contributed by atoms with E-state index < -0.39 is 17.1 Å². The van der Waals surface area contributed by atoms with Crippen molar-refractivity contribution in [2.75, 3.05) is 0 Å². The van der Waals surface area contributed by atoms with E-state index in [9.17, 15) is 13.6 Å². The number of hydrogen-bond acceptors (Lipinski definition) is 1. The molecule has 2 rings (SSSR count). The molecule has 1 N–H and O–H groups in total. The summed E-state index contributed by atoms with van der Waals surface area (Å²) in [6, 6.07) is 1.68. The van der Waals surface area contributed by atoms with Crippen molar-refractivity contribution in [3.8, 4) is 0 Å². The van der Waals surface area contributed by atoms with Crippen molar-refractivity contribution < 1.29 is 8.78 Å². The summed E-state index contributed by atoms with van der Waals surface area (Å²) in [6.07, 6.45) is 1.20. The molecule has 1 heterocycles. The second-order valence-electron chi connectivity index (χ2n) is 2.78. The van der Waals surface area contributed by atoms with Crippen LogP contribution in [0.1, 0.15) is 0 Å². The smallest absolute Gasteiger partial charge is 0.210 e. The molecule has 0 aliphatic rings. The largest absolute Gasteiger partial charge is 0.359 e. The third kappa shape index (κ3) is 1.28. The van der Waals surface area contributed by atoms with E-state index in [0.29, 0.717) is 6.07 Å². The minimum atomic E-state index is -0.913. The lowest BCUT2D eigenvalue weighted by Crippen LogP contribution is -2.05. The highest BCUT2D eigenvalue weighted by Crippen LogP contribution is 2.15. The molecule has 1 aromatic carbocycles. The lowest BCUT2D eigenvalue weighted by Gasteiger charge is -1.99. The van der Waals surface area contributed by atoms with E-state index in [-0.39, 0.29) is 15.9 Å². The zero-order valence-electron chi connectivity index (χ0n) is 6.77. The molecule has 5 heteroatoms. The van der Waals surface area contributed by atoms with Crippen LogP contribution in [-0.2, 0) is 0 Å². The fourth-order valence-corrected chi connectivity index (χ4v) is 1.39. The van der Waals surface area contributed by atoms with Crippen LogP contribution in [0.15, 0.2) is 23.1 Å². The minimum absolute atomic E-state index is 0.0944. The van der Waals surface area contributed by atoms with Gasteiger partial charge >= 0.3 is 0 Å². The average Bonchev–Trinajstić information content (AvgIpc) is 2.10. The van der Waals surface area contributed by atoms with Gasteiger partial charge in [-0.15, -0.1) is 0 Å². The topological polar surface area (TPSA) is 32.9 Å². The maximum atomic E-state index is 13.2. The van der Waals surface area contributed by atoms with Crippen LogP contribution in [0.4, 0.5) is 8.78 Å². The van der Waals surface area contributed by atoms with Crippen molar-refractivity contribution in [1.82, 2.24) is 4.98 Å². The summed E-state index contributed by atoms with van der Waals surface area (Å²) in [6.45, 7) is 0. The molecule has 2 aromatic rings. The number of fused-ring (bicyclic) bond motifs is 1. The van der Waals surface area contributed by atoms with Crippen LogP contribution in [0.3, 0.4) is 0 Å². The highest BCUT2D eigenvalue weighted by Gasteiger charge is 2.09. The number of rotatable bonds is 0. The third-order valence-electron chi connectivity index (χ3n) is 1.85. The number of aromatic amines is 1. The Bertz CT molecular complexity index is 564. The Morgan fingerprint density at radius 2 is 2.00 bits per heavy atom. The van der Waals surface area contributed by atoms with Gasteiger partial charge in [0.05, 0.1) is 10.9 Å². The molecule has 0 bridgehead atoms. The van der Waals surface area contributed by atoms with Crippen molar-refractivity contribution in [3.05, 3.63) is 45.2 Å². The van der Waals surface area contributed by atoms with Crippen LogP contribution in [-0.4, -0.2) is 4.98 Å². The zero-order valence-corrected chi connectivity index (χ0v) is 7.53. The monoisotopic (exact) mass is 215 g/mol. The number of aromatic nitrogens is 1. The number of H-pyrrole nitrogens is 1. The van der Waals surface area contributed by atoms with Crippen molar-refractivity contribution >= 4 is 22.5 Å². The number of benzene rings is 1. The van der Waals surface area contributed by atoms with Gasteiger partial charge in [0.25, 0.3) is 0 Å². The third-order valence-corrected chi connectivity index (χ3v) is 2.13. The van der Waals surface area contributed by atoms with Gasteiger partial charge in [0.15, 0.2) is 0 Å². The first kappa shape index (κ1) is 9.15. The lowest BCUT2D eigenvalue weighted by atomic mass is 10.2. The van der Waals surface area contributed by atoms with Crippen molar-refractivity contribution in [3.63, 3.8) is 0 Å². The molecule has 2 nitrogen and oxygen atoms in total. The van der Waals surface area contributed by atoms with E-state index in [1.165, 1.54) is 6.20 Å². The molecule has 0 saturated heterocycles. The van der Waals surface area contributed by atoms with Gasteiger partial charge in [-0.2, -0.15) is 0 Å². The van der Waals surface area contributed by atoms with Crippen LogP contribution in [0.2, 0.25) is 5.02 Å². The van der Waals surface area contributed by atoms with E-state index in [2.05, 4.69) is 4.98 Å². The molecule has 0 fully saturated rings. The molecule has 0 atom stereocenters. The Kier molecular flexibility index (Phi) is 2.00. The molecule has 0 aliphatic heterocycles. The second kappa shape index (κ2) is 3.06. The summed E-state index contributed by atoms with van der Waals surface area (Å²) in [7, 11) is 0. The molecule has 0 saturated carbocycles.